The molecule has 0 aliphatic carbocycles. The van der Waals surface area contributed by atoms with E-state index in [1.165, 1.54) is 12.4 Å². The average Bonchev–Trinajstić information content (AvgIpc) is 2.45. The molecular formula is C7H3BrF3N3. The Bertz CT molecular complexity index is 476. The zero-order valence-corrected chi connectivity index (χ0v) is 8.17. The molecule has 0 bridgehead atoms. The van der Waals surface area contributed by atoms with Crippen molar-refractivity contribution in [1.82, 2.24) is 14.4 Å². The number of rotatable bonds is 0. The van der Waals surface area contributed by atoms with Gasteiger partial charge >= 0.3 is 6.18 Å². The van der Waals surface area contributed by atoms with E-state index in [4.69, 9.17) is 0 Å². The fourth-order valence-corrected chi connectivity index (χ4v) is 1.37. The van der Waals surface area contributed by atoms with Gasteiger partial charge in [-0.3, -0.25) is 4.40 Å². The lowest BCUT2D eigenvalue weighted by Gasteiger charge is -2.04. The minimum atomic E-state index is -4.41. The maximum Gasteiger partial charge on any atom is 0.433 e. The second-order valence-corrected chi connectivity index (χ2v) is 3.50. The fourth-order valence-electron chi connectivity index (χ4n) is 1.06. The molecule has 0 saturated heterocycles. The van der Waals surface area contributed by atoms with Crippen LogP contribution in [-0.2, 0) is 6.18 Å². The van der Waals surface area contributed by atoms with E-state index in [1.807, 2.05) is 0 Å². The van der Waals surface area contributed by atoms with E-state index in [2.05, 4.69) is 25.9 Å². The molecule has 2 heterocycles. The predicted molar refractivity (Wildman–Crippen MR) is 45.7 cm³/mol. The quantitative estimate of drug-likeness (QED) is 0.733. The van der Waals surface area contributed by atoms with Gasteiger partial charge in [-0.2, -0.15) is 13.2 Å². The summed E-state index contributed by atoms with van der Waals surface area (Å²) in [6.45, 7) is 0. The predicted octanol–water partition coefficient (Wildman–Crippen LogP) is 2.51. The first kappa shape index (κ1) is 9.45. The maximum absolute atomic E-state index is 12.4. The van der Waals surface area contributed by atoms with Crippen molar-refractivity contribution in [2.45, 2.75) is 6.18 Å². The topological polar surface area (TPSA) is 30.2 Å². The highest BCUT2D eigenvalue weighted by Gasteiger charge is 2.34. The summed E-state index contributed by atoms with van der Waals surface area (Å²) < 4.78 is 38.5. The van der Waals surface area contributed by atoms with Crippen LogP contribution >= 0.6 is 15.9 Å². The molecule has 0 saturated carbocycles. The highest BCUT2D eigenvalue weighted by atomic mass is 79.9. The van der Waals surface area contributed by atoms with Gasteiger partial charge in [-0.05, 0) is 15.9 Å². The van der Waals surface area contributed by atoms with Gasteiger partial charge in [-0.15, -0.1) is 0 Å². The number of aromatic nitrogens is 3. The molecule has 0 spiro atoms. The van der Waals surface area contributed by atoms with Crippen molar-refractivity contribution in [1.29, 1.82) is 0 Å². The Balaban J connectivity index is 2.73. The summed E-state index contributed by atoms with van der Waals surface area (Å²) >= 11 is 3.04. The van der Waals surface area contributed by atoms with Crippen molar-refractivity contribution < 1.29 is 13.2 Å². The van der Waals surface area contributed by atoms with Crippen LogP contribution in [-0.4, -0.2) is 14.4 Å². The van der Waals surface area contributed by atoms with Crippen LogP contribution in [0.2, 0.25) is 0 Å². The second kappa shape index (κ2) is 2.94. The number of imidazole rings is 1. The number of hydrogen-bond acceptors (Lipinski definition) is 2. The molecule has 0 aliphatic heterocycles. The third-order valence-corrected chi connectivity index (χ3v) is 2.03. The van der Waals surface area contributed by atoms with E-state index in [0.29, 0.717) is 4.47 Å². The van der Waals surface area contributed by atoms with Crippen LogP contribution in [0.4, 0.5) is 13.2 Å². The van der Waals surface area contributed by atoms with E-state index < -0.39 is 11.9 Å². The Kier molecular flexibility index (Phi) is 1.99. The Morgan fingerprint density at radius 2 is 1.86 bits per heavy atom. The molecule has 0 aromatic carbocycles. The van der Waals surface area contributed by atoms with Crippen molar-refractivity contribution in [2.24, 2.45) is 0 Å². The van der Waals surface area contributed by atoms with Gasteiger partial charge in [0.05, 0.1) is 10.7 Å². The van der Waals surface area contributed by atoms with Gasteiger partial charge in [0.15, 0.2) is 0 Å². The van der Waals surface area contributed by atoms with Crippen LogP contribution in [0.25, 0.3) is 5.78 Å². The molecule has 0 radical (unpaired) electrons. The molecule has 0 atom stereocenters. The van der Waals surface area contributed by atoms with Gasteiger partial charge in [0.25, 0.3) is 0 Å². The lowest BCUT2D eigenvalue weighted by atomic mass is 10.4. The largest absolute Gasteiger partial charge is 0.433 e. The highest BCUT2D eigenvalue weighted by Crippen LogP contribution is 2.29. The van der Waals surface area contributed by atoms with Crippen molar-refractivity contribution in [3.05, 3.63) is 28.8 Å². The van der Waals surface area contributed by atoms with Crippen LogP contribution in [0.5, 0.6) is 0 Å². The molecule has 0 fully saturated rings. The standard InChI is InChI=1S/C7H3BrF3N3/c8-4-1-12-6-13-2-5(7(9,10)11)14(6)3-4/h1-3H. The monoisotopic (exact) mass is 265 g/mol. The smallest absolute Gasteiger partial charge is 0.279 e. The fraction of sp³-hybridized carbons (Fsp3) is 0.143. The lowest BCUT2D eigenvalue weighted by Crippen LogP contribution is -2.08. The molecule has 3 nitrogen and oxygen atoms in total. The summed E-state index contributed by atoms with van der Waals surface area (Å²) in [6.07, 6.45) is -0.989. The van der Waals surface area contributed by atoms with Crippen LogP contribution in [0, 0.1) is 0 Å². The first-order valence-electron chi connectivity index (χ1n) is 3.54. The van der Waals surface area contributed by atoms with Gasteiger partial charge in [0.2, 0.25) is 5.78 Å². The normalized spacial score (nSPS) is 12.3. The molecule has 0 unspecified atom stereocenters. The van der Waals surface area contributed by atoms with Gasteiger partial charge < -0.3 is 0 Å². The summed E-state index contributed by atoms with van der Waals surface area (Å²) in [6, 6.07) is 0. The van der Waals surface area contributed by atoms with Crippen molar-refractivity contribution in [3.63, 3.8) is 0 Å². The molecule has 2 aromatic heterocycles. The van der Waals surface area contributed by atoms with E-state index in [9.17, 15) is 13.2 Å². The minimum absolute atomic E-state index is 0.0283. The molecule has 0 N–H and O–H groups in total. The average molecular weight is 266 g/mol. The summed E-state index contributed by atoms with van der Waals surface area (Å²) in [7, 11) is 0. The Morgan fingerprint density at radius 1 is 1.21 bits per heavy atom. The van der Waals surface area contributed by atoms with Crippen LogP contribution in [0.15, 0.2) is 23.1 Å². The zero-order chi connectivity index (χ0) is 10.3. The van der Waals surface area contributed by atoms with Crippen molar-refractivity contribution >= 4 is 21.7 Å². The highest BCUT2D eigenvalue weighted by molar-refractivity contribution is 9.10. The van der Waals surface area contributed by atoms with Crippen molar-refractivity contribution in [3.8, 4) is 0 Å². The zero-order valence-electron chi connectivity index (χ0n) is 6.59. The van der Waals surface area contributed by atoms with Crippen molar-refractivity contribution in [2.75, 3.05) is 0 Å². The second-order valence-electron chi connectivity index (χ2n) is 2.58. The molecular weight excluding hydrogens is 263 g/mol. The molecule has 2 aromatic rings. The Morgan fingerprint density at radius 3 is 2.50 bits per heavy atom. The van der Waals surface area contributed by atoms with Crippen LogP contribution in [0.3, 0.4) is 0 Å². The first-order chi connectivity index (χ1) is 6.48. The third kappa shape index (κ3) is 1.47. The van der Waals surface area contributed by atoms with Gasteiger partial charge in [0.1, 0.15) is 5.69 Å². The molecule has 14 heavy (non-hydrogen) atoms. The van der Waals surface area contributed by atoms with Gasteiger partial charge in [0, 0.05) is 12.4 Å². The number of hydrogen-bond donors (Lipinski definition) is 0. The maximum atomic E-state index is 12.4. The number of halogens is 4. The number of nitrogens with zero attached hydrogens (tertiary/aromatic N) is 3. The van der Waals surface area contributed by atoms with Gasteiger partial charge in [-0.1, -0.05) is 0 Å². The third-order valence-electron chi connectivity index (χ3n) is 1.62. The summed E-state index contributed by atoms with van der Waals surface area (Å²) in [5, 5.41) is 0. The summed E-state index contributed by atoms with van der Waals surface area (Å²) in [5.41, 5.74) is -0.832. The number of alkyl halides is 3. The minimum Gasteiger partial charge on any atom is -0.279 e. The Hall–Kier alpha value is -1.11. The molecule has 0 aliphatic rings. The SMILES string of the molecule is FC(F)(F)c1cnc2ncc(Br)cn12. The number of fused-ring (bicyclic) bond motifs is 1. The molecule has 7 heteroatoms. The lowest BCUT2D eigenvalue weighted by molar-refractivity contribution is -0.141. The molecule has 0 amide bonds. The van der Waals surface area contributed by atoms with Gasteiger partial charge in [-0.25, -0.2) is 9.97 Å². The van der Waals surface area contributed by atoms with E-state index in [0.717, 1.165) is 10.6 Å². The molecule has 74 valence electrons. The van der Waals surface area contributed by atoms with E-state index in [-0.39, 0.29) is 5.78 Å². The van der Waals surface area contributed by atoms with E-state index in [1.54, 1.807) is 0 Å². The summed E-state index contributed by atoms with van der Waals surface area (Å²) in [5.74, 6) is 0.0283. The molecule has 2 rings (SSSR count). The van der Waals surface area contributed by atoms with Crippen LogP contribution in [0.1, 0.15) is 5.69 Å². The van der Waals surface area contributed by atoms with E-state index >= 15 is 0 Å². The Labute approximate surface area is 84.7 Å². The van der Waals surface area contributed by atoms with Crippen LogP contribution < -0.4 is 0 Å². The first-order valence-corrected chi connectivity index (χ1v) is 4.33. The summed E-state index contributed by atoms with van der Waals surface area (Å²) in [4.78, 5) is 7.26.